The number of nitrogens with zero attached hydrogens (tertiary/aromatic N) is 1. The summed E-state index contributed by atoms with van der Waals surface area (Å²) in [5.41, 5.74) is 1.12. The molecule has 0 aliphatic heterocycles. The van der Waals surface area contributed by atoms with E-state index in [4.69, 9.17) is 4.74 Å². The zero-order valence-electron chi connectivity index (χ0n) is 14.5. The first kappa shape index (κ1) is 17.8. The molecular formula is C19H30N2O2. The molecule has 0 heterocycles. The average molecular weight is 318 g/mol. The number of likely N-dealkylation sites (N-methyl/N-ethyl adjacent to an activating group) is 1. The number of carbonyl (C=O) groups is 1. The molecule has 1 aromatic carbocycles. The lowest BCUT2D eigenvalue weighted by molar-refractivity contribution is -0.122. The number of rotatable bonds is 8. The van der Waals surface area contributed by atoms with Crippen LogP contribution in [-0.2, 0) is 11.3 Å². The van der Waals surface area contributed by atoms with Gasteiger partial charge in [-0.1, -0.05) is 37.5 Å². The lowest BCUT2D eigenvalue weighted by Crippen LogP contribution is -2.37. The van der Waals surface area contributed by atoms with Crippen molar-refractivity contribution in [3.05, 3.63) is 29.8 Å². The molecule has 1 aromatic rings. The zero-order valence-corrected chi connectivity index (χ0v) is 14.5. The lowest BCUT2D eigenvalue weighted by atomic mass is 9.89. The molecule has 0 radical (unpaired) electrons. The quantitative estimate of drug-likeness (QED) is 0.800. The summed E-state index contributed by atoms with van der Waals surface area (Å²) < 4.78 is 5.64. The average Bonchev–Trinajstić information content (AvgIpc) is 2.56. The van der Waals surface area contributed by atoms with Crippen LogP contribution < -0.4 is 10.1 Å². The Labute approximate surface area is 140 Å². The molecular weight excluding hydrogens is 288 g/mol. The summed E-state index contributed by atoms with van der Waals surface area (Å²) in [6, 6.07) is 8.03. The number of ether oxygens (including phenoxy) is 1. The number of benzene rings is 1. The van der Waals surface area contributed by atoms with Gasteiger partial charge in [0.15, 0.2) is 0 Å². The highest BCUT2D eigenvalue weighted by atomic mass is 16.5. The largest absolute Gasteiger partial charge is 0.494 e. The molecule has 0 aromatic heterocycles. The number of hydrogen-bond donors (Lipinski definition) is 1. The van der Waals surface area contributed by atoms with Gasteiger partial charge in [0.1, 0.15) is 5.75 Å². The van der Waals surface area contributed by atoms with Gasteiger partial charge in [-0.2, -0.15) is 0 Å². The molecule has 1 fully saturated rings. The van der Waals surface area contributed by atoms with E-state index in [1.165, 1.54) is 32.1 Å². The highest BCUT2D eigenvalue weighted by Crippen LogP contribution is 2.22. The summed E-state index contributed by atoms with van der Waals surface area (Å²) in [5.74, 6) is 1.70. The van der Waals surface area contributed by atoms with Gasteiger partial charge in [-0.05, 0) is 38.8 Å². The first-order chi connectivity index (χ1) is 11.2. The third-order valence-corrected chi connectivity index (χ3v) is 4.44. The SMILES string of the molecule is CCOc1ccccc1CN(C)CC(=O)NCC1CCCCC1. The Morgan fingerprint density at radius 3 is 2.74 bits per heavy atom. The van der Waals surface area contributed by atoms with Crippen LogP contribution in [0.5, 0.6) is 5.75 Å². The second-order valence-electron chi connectivity index (χ2n) is 6.52. The first-order valence-corrected chi connectivity index (χ1v) is 8.85. The topological polar surface area (TPSA) is 41.6 Å². The molecule has 4 nitrogen and oxygen atoms in total. The molecule has 1 saturated carbocycles. The van der Waals surface area contributed by atoms with Crippen LogP contribution in [0.15, 0.2) is 24.3 Å². The fourth-order valence-corrected chi connectivity index (χ4v) is 3.23. The lowest BCUT2D eigenvalue weighted by Gasteiger charge is -2.23. The van der Waals surface area contributed by atoms with Gasteiger partial charge in [0.05, 0.1) is 13.2 Å². The van der Waals surface area contributed by atoms with Gasteiger partial charge in [-0.15, -0.1) is 0 Å². The van der Waals surface area contributed by atoms with E-state index in [9.17, 15) is 4.79 Å². The van der Waals surface area contributed by atoms with Crippen LogP contribution in [-0.4, -0.2) is 37.6 Å². The Hall–Kier alpha value is -1.55. The predicted molar refractivity (Wildman–Crippen MR) is 93.5 cm³/mol. The summed E-state index contributed by atoms with van der Waals surface area (Å²) in [5, 5.41) is 3.10. The van der Waals surface area contributed by atoms with Crippen LogP contribution in [0, 0.1) is 5.92 Å². The van der Waals surface area contributed by atoms with Crippen LogP contribution in [0.4, 0.5) is 0 Å². The van der Waals surface area contributed by atoms with Crippen molar-refractivity contribution in [1.82, 2.24) is 10.2 Å². The Morgan fingerprint density at radius 2 is 2.00 bits per heavy atom. The zero-order chi connectivity index (χ0) is 16.5. The Morgan fingerprint density at radius 1 is 1.26 bits per heavy atom. The van der Waals surface area contributed by atoms with Gasteiger partial charge in [0, 0.05) is 18.7 Å². The van der Waals surface area contributed by atoms with Crippen LogP contribution in [0.1, 0.15) is 44.6 Å². The maximum absolute atomic E-state index is 12.1. The first-order valence-electron chi connectivity index (χ1n) is 8.85. The van der Waals surface area contributed by atoms with Gasteiger partial charge in [-0.25, -0.2) is 0 Å². The molecule has 1 aliphatic carbocycles. The summed E-state index contributed by atoms with van der Waals surface area (Å²) in [7, 11) is 1.98. The van der Waals surface area contributed by atoms with Crippen molar-refractivity contribution in [2.24, 2.45) is 5.92 Å². The molecule has 0 spiro atoms. The van der Waals surface area contributed by atoms with E-state index < -0.39 is 0 Å². The molecule has 0 atom stereocenters. The molecule has 1 aliphatic rings. The van der Waals surface area contributed by atoms with Gasteiger partial charge in [-0.3, -0.25) is 9.69 Å². The number of carbonyl (C=O) groups excluding carboxylic acids is 1. The van der Waals surface area contributed by atoms with Crippen LogP contribution in [0.3, 0.4) is 0 Å². The second kappa shape index (κ2) is 9.56. The molecule has 1 amide bonds. The van der Waals surface area contributed by atoms with Crippen molar-refractivity contribution in [3.8, 4) is 5.75 Å². The van der Waals surface area contributed by atoms with E-state index in [2.05, 4.69) is 11.4 Å². The maximum Gasteiger partial charge on any atom is 0.234 e. The molecule has 0 unspecified atom stereocenters. The fourth-order valence-electron chi connectivity index (χ4n) is 3.23. The standard InChI is InChI=1S/C19H30N2O2/c1-3-23-18-12-8-7-11-17(18)14-21(2)15-19(22)20-13-16-9-5-4-6-10-16/h7-8,11-12,16H,3-6,9-10,13-15H2,1-2H3,(H,20,22). The smallest absolute Gasteiger partial charge is 0.234 e. The minimum atomic E-state index is 0.118. The van der Waals surface area contributed by atoms with Gasteiger partial charge in [0.25, 0.3) is 0 Å². The van der Waals surface area contributed by atoms with E-state index in [0.29, 0.717) is 25.6 Å². The molecule has 1 N–H and O–H groups in total. The van der Waals surface area contributed by atoms with Crippen LogP contribution in [0.25, 0.3) is 0 Å². The highest BCUT2D eigenvalue weighted by molar-refractivity contribution is 5.77. The monoisotopic (exact) mass is 318 g/mol. The van der Waals surface area contributed by atoms with E-state index >= 15 is 0 Å². The Bertz CT molecular complexity index is 484. The summed E-state index contributed by atoms with van der Waals surface area (Å²) in [6.45, 7) is 4.62. The van der Waals surface area contributed by atoms with Gasteiger partial charge >= 0.3 is 0 Å². The fraction of sp³-hybridized carbons (Fsp3) is 0.632. The minimum Gasteiger partial charge on any atom is -0.494 e. The van der Waals surface area contributed by atoms with E-state index in [1.54, 1.807) is 0 Å². The number of amides is 1. The van der Waals surface area contributed by atoms with Crippen molar-refractivity contribution < 1.29 is 9.53 Å². The molecule has 0 bridgehead atoms. The molecule has 23 heavy (non-hydrogen) atoms. The van der Waals surface area contributed by atoms with Gasteiger partial charge < -0.3 is 10.1 Å². The number of nitrogens with one attached hydrogen (secondary N) is 1. The van der Waals surface area contributed by atoms with Crippen molar-refractivity contribution in [3.63, 3.8) is 0 Å². The minimum absolute atomic E-state index is 0.118. The van der Waals surface area contributed by atoms with Gasteiger partial charge in [0.2, 0.25) is 5.91 Å². The Kier molecular flexibility index (Phi) is 7.40. The summed E-state index contributed by atoms with van der Waals surface area (Å²) in [4.78, 5) is 14.1. The molecule has 2 rings (SSSR count). The molecule has 0 saturated heterocycles. The molecule has 4 heteroatoms. The van der Waals surface area contributed by atoms with Crippen LogP contribution >= 0.6 is 0 Å². The van der Waals surface area contributed by atoms with Crippen molar-refractivity contribution in [2.75, 3.05) is 26.7 Å². The van der Waals surface area contributed by atoms with Crippen molar-refractivity contribution in [1.29, 1.82) is 0 Å². The van der Waals surface area contributed by atoms with E-state index in [-0.39, 0.29) is 5.91 Å². The summed E-state index contributed by atoms with van der Waals surface area (Å²) >= 11 is 0. The third-order valence-electron chi connectivity index (χ3n) is 4.44. The van der Waals surface area contributed by atoms with Crippen molar-refractivity contribution >= 4 is 5.91 Å². The third kappa shape index (κ3) is 6.22. The van der Waals surface area contributed by atoms with Crippen molar-refractivity contribution in [2.45, 2.75) is 45.6 Å². The normalized spacial score (nSPS) is 15.6. The van der Waals surface area contributed by atoms with Crippen LogP contribution in [0.2, 0.25) is 0 Å². The van der Waals surface area contributed by atoms with E-state index in [1.807, 2.05) is 37.1 Å². The number of hydrogen-bond acceptors (Lipinski definition) is 3. The number of para-hydroxylation sites is 1. The maximum atomic E-state index is 12.1. The Balaban J connectivity index is 1.75. The highest BCUT2D eigenvalue weighted by Gasteiger charge is 2.15. The predicted octanol–water partition coefficient (Wildman–Crippen LogP) is 3.21. The van der Waals surface area contributed by atoms with E-state index in [0.717, 1.165) is 17.9 Å². The second-order valence-corrected chi connectivity index (χ2v) is 6.52. The summed E-state index contributed by atoms with van der Waals surface area (Å²) in [6.07, 6.45) is 6.51. The molecule has 128 valence electrons.